The summed E-state index contributed by atoms with van der Waals surface area (Å²) in [4.78, 5) is 0. The Morgan fingerprint density at radius 3 is 1.05 bits per heavy atom. The molecule has 3 atom stereocenters. The maximum Gasteiger partial charge on any atom is 0.104 e. The van der Waals surface area contributed by atoms with Crippen LogP contribution >= 0.6 is 0 Å². The van der Waals surface area contributed by atoms with Crippen molar-refractivity contribution in [2.24, 2.45) is 0 Å². The summed E-state index contributed by atoms with van der Waals surface area (Å²) in [5, 5.41) is 31.0. The molecular weight excluding hydrogens is 492 g/mol. The van der Waals surface area contributed by atoms with Crippen molar-refractivity contribution < 1.29 is 29.5 Å². The van der Waals surface area contributed by atoms with Gasteiger partial charge in [0.1, 0.15) is 6.10 Å². The molecule has 0 aliphatic carbocycles. The summed E-state index contributed by atoms with van der Waals surface area (Å²) < 4.78 is 17.6. The first-order valence-electron chi connectivity index (χ1n) is 16.8. The van der Waals surface area contributed by atoms with Gasteiger partial charge in [0.15, 0.2) is 0 Å². The van der Waals surface area contributed by atoms with Crippen molar-refractivity contribution in [3.8, 4) is 0 Å². The van der Waals surface area contributed by atoms with Crippen LogP contribution in [-0.4, -0.2) is 72.8 Å². The molecule has 0 heterocycles. The van der Waals surface area contributed by atoms with Crippen LogP contribution in [0.1, 0.15) is 156 Å². The van der Waals surface area contributed by atoms with Gasteiger partial charge in [-0.2, -0.15) is 0 Å². The van der Waals surface area contributed by atoms with Crippen molar-refractivity contribution in [1.29, 1.82) is 0 Å². The molecule has 6 nitrogen and oxygen atoms in total. The molecule has 6 heteroatoms. The van der Waals surface area contributed by atoms with Gasteiger partial charge in [0.05, 0.1) is 51.3 Å². The Kier molecular flexibility index (Phi) is 30.5. The lowest BCUT2D eigenvalue weighted by atomic mass is 10.1. The molecular formula is C33H68O6. The highest BCUT2D eigenvalue weighted by Gasteiger charge is 2.16. The van der Waals surface area contributed by atoms with E-state index in [9.17, 15) is 15.3 Å². The summed E-state index contributed by atoms with van der Waals surface area (Å²) in [6.07, 6.45) is 22.2. The average molecular weight is 561 g/mol. The number of hydrogen-bond donors (Lipinski definition) is 3. The van der Waals surface area contributed by atoms with Crippen LogP contribution in [0.25, 0.3) is 0 Å². The van der Waals surface area contributed by atoms with Crippen LogP contribution in [0.2, 0.25) is 0 Å². The van der Waals surface area contributed by atoms with Gasteiger partial charge in [-0.05, 0) is 19.3 Å². The van der Waals surface area contributed by atoms with E-state index in [2.05, 4.69) is 20.8 Å². The van der Waals surface area contributed by atoms with Crippen LogP contribution in [0.5, 0.6) is 0 Å². The number of unbranched alkanes of at least 4 members (excludes halogenated alkanes) is 15. The summed E-state index contributed by atoms with van der Waals surface area (Å²) in [5.41, 5.74) is 0. The lowest BCUT2D eigenvalue weighted by Gasteiger charge is -2.22. The highest BCUT2D eigenvalue weighted by molar-refractivity contribution is 4.63. The molecule has 0 fully saturated rings. The Balaban J connectivity index is 4.27. The molecule has 0 aliphatic rings. The minimum absolute atomic E-state index is 0.257. The third kappa shape index (κ3) is 29.1. The molecule has 0 aliphatic heterocycles. The largest absolute Gasteiger partial charge is 0.391 e. The molecule has 0 aromatic carbocycles. The molecule has 0 rings (SSSR count). The Labute approximate surface area is 242 Å². The van der Waals surface area contributed by atoms with Crippen molar-refractivity contribution in [3.05, 3.63) is 0 Å². The van der Waals surface area contributed by atoms with E-state index in [0.717, 1.165) is 57.8 Å². The molecule has 0 amide bonds. The van der Waals surface area contributed by atoms with Crippen LogP contribution in [0.15, 0.2) is 0 Å². The Morgan fingerprint density at radius 2 is 0.692 bits per heavy atom. The Bertz CT molecular complexity index is 435. The Morgan fingerprint density at radius 1 is 0.385 bits per heavy atom. The second-order valence-electron chi connectivity index (χ2n) is 11.7. The lowest BCUT2D eigenvalue weighted by Crippen LogP contribution is -2.32. The monoisotopic (exact) mass is 561 g/mol. The molecule has 3 unspecified atom stereocenters. The first kappa shape index (κ1) is 38.8. The molecule has 0 saturated carbocycles. The fraction of sp³-hybridized carbons (Fsp3) is 1.00. The fourth-order valence-corrected chi connectivity index (χ4v) is 4.79. The Hall–Kier alpha value is -0.240. The third-order valence-electron chi connectivity index (χ3n) is 7.42. The maximum absolute atomic E-state index is 10.4. The van der Waals surface area contributed by atoms with E-state index >= 15 is 0 Å². The highest BCUT2D eigenvalue weighted by Crippen LogP contribution is 2.12. The zero-order valence-corrected chi connectivity index (χ0v) is 26.3. The summed E-state index contributed by atoms with van der Waals surface area (Å²) in [7, 11) is 0. The first-order valence-corrected chi connectivity index (χ1v) is 16.8. The van der Waals surface area contributed by atoms with Crippen molar-refractivity contribution in [2.45, 2.75) is 180 Å². The smallest absolute Gasteiger partial charge is 0.104 e. The van der Waals surface area contributed by atoms with Gasteiger partial charge < -0.3 is 29.5 Å². The van der Waals surface area contributed by atoms with Gasteiger partial charge in [0.2, 0.25) is 0 Å². The van der Waals surface area contributed by atoms with E-state index in [1.807, 2.05) is 0 Å². The van der Waals surface area contributed by atoms with E-state index in [0.29, 0.717) is 13.2 Å². The van der Waals surface area contributed by atoms with Crippen LogP contribution in [0.3, 0.4) is 0 Å². The predicted molar refractivity (Wildman–Crippen MR) is 163 cm³/mol. The standard InChI is InChI=1S/C33H68O6/c1-4-7-10-13-16-19-22-30(34)25-37-28-33(39-27-32(36)24-21-18-15-12-9-6-3)29-38-26-31(35)23-20-17-14-11-8-5-2/h30-36H,4-29H2,1-3H3. The van der Waals surface area contributed by atoms with Crippen LogP contribution in [-0.2, 0) is 14.2 Å². The fourth-order valence-electron chi connectivity index (χ4n) is 4.79. The minimum atomic E-state index is -0.490. The summed E-state index contributed by atoms with van der Waals surface area (Å²) in [6.45, 7) is 8.11. The van der Waals surface area contributed by atoms with Gasteiger partial charge in [-0.15, -0.1) is 0 Å². The van der Waals surface area contributed by atoms with Crippen molar-refractivity contribution in [1.82, 2.24) is 0 Å². The van der Waals surface area contributed by atoms with E-state index in [1.165, 1.54) is 77.0 Å². The van der Waals surface area contributed by atoms with Gasteiger partial charge in [-0.25, -0.2) is 0 Å². The quantitative estimate of drug-likeness (QED) is 0.0729. The average Bonchev–Trinajstić information content (AvgIpc) is 2.92. The van der Waals surface area contributed by atoms with Gasteiger partial charge in [0.25, 0.3) is 0 Å². The number of aliphatic hydroxyl groups is 3. The number of ether oxygens (including phenoxy) is 3. The second-order valence-corrected chi connectivity index (χ2v) is 11.7. The van der Waals surface area contributed by atoms with E-state index < -0.39 is 18.3 Å². The number of hydrogen-bond acceptors (Lipinski definition) is 6. The molecule has 39 heavy (non-hydrogen) atoms. The van der Waals surface area contributed by atoms with Gasteiger partial charge in [-0.3, -0.25) is 0 Å². The molecule has 0 aromatic heterocycles. The third-order valence-corrected chi connectivity index (χ3v) is 7.42. The van der Waals surface area contributed by atoms with Gasteiger partial charge in [-0.1, -0.05) is 136 Å². The highest BCUT2D eigenvalue weighted by atomic mass is 16.6. The van der Waals surface area contributed by atoms with E-state index in [-0.39, 0.29) is 25.9 Å². The van der Waals surface area contributed by atoms with E-state index in [1.54, 1.807) is 0 Å². The zero-order chi connectivity index (χ0) is 28.8. The van der Waals surface area contributed by atoms with Crippen LogP contribution in [0.4, 0.5) is 0 Å². The summed E-state index contributed by atoms with van der Waals surface area (Å²) >= 11 is 0. The van der Waals surface area contributed by atoms with Crippen molar-refractivity contribution >= 4 is 0 Å². The molecule has 236 valence electrons. The minimum Gasteiger partial charge on any atom is -0.391 e. The van der Waals surface area contributed by atoms with Gasteiger partial charge >= 0.3 is 0 Å². The summed E-state index contributed by atoms with van der Waals surface area (Å²) in [5.74, 6) is 0. The maximum atomic E-state index is 10.4. The first-order chi connectivity index (χ1) is 19.0. The van der Waals surface area contributed by atoms with E-state index in [4.69, 9.17) is 14.2 Å². The molecule has 0 spiro atoms. The number of aliphatic hydroxyl groups excluding tert-OH is 3. The topological polar surface area (TPSA) is 88.4 Å². The van der Waals surface area contributed by atoms with Crippen LogP contribution in [0, 0.1) is 0 Å². The summed E-state index contributed by atoms with van der Waals surface area (Å²) in [6, 6.07) is 0. The molecule has 0 bridgehead atoms. The molecule has 0 aromatic rings. The SMILES string of the molecule is CCCCCCCCC(O)COCC(COCC(O)CCCCCCCC)OCC(O)CCCCCCCC. The number of rotatable bonds is 32. The second kappa shape index (κ2) is 30.7. The lowest BCUT2D eigenvalue weighted by molar-refractivity contribution is -0.0982. The van der Waals surface area contributed by atoms with Gasteiger partial charge in [0, 0.05) is 0 Å². The predicted octanol–water partition coefficient (Wildman–Crippen LogP) is 7.74. The molecule has 3 N–H and O–H groups in total. The van der Waals surface area contributed by atoms with Crippen LogP contribution < -0.4 is 0 Å². The van der Waals surface area contributed by atoms with Crippen molar-refractivity contribution in [3.63, 3.8) is 0 Å². The zero-order valence-electron chi connectivity index (χ0n) is 26.3. The molecule has 0 saturated heterocycles. The van der Waals surface area contributed by atoms with Crippen molar-refractivity contribution in [2.75, 3.05) is 33.0 Å². The normalized spacial score (nSPS) is 14.9. The molecule has 0 radical (unpaired) electrons.